The van der Waals surface area contributed by atoms with Crippen LogP contribution in [0.2, 0.25) is 0 Å². The molecule has 1 aliphatic carbocycles. The first-order valence-corrected chi connectivity index (χ1v) is 5.06. The maximum Gasteiger partial charge on any atom is 0.159 e. The zero-order valence-corrected chi connectivity index (χ0v) is 8.59. The third-order valence-corrected chi connectivity index (χ3v) is 2.48. The van der Waals surface area contributed by atoms with Crippen molar-refractivity contribution in [2.45, 2.75) is 19.4 Å². The normalized spacial score (nSPS) is 15.1. The molecule has 0 heterocycles. The van der Waals surface area contributed by atoms with Gasteiger partial charge in [0.05, 0.1) is 0 Å². The van der Waals surface area contributed by atoms with Crippen molar-refractivity contribution in [3.8, 4) is 0 Å². The van der Waals surface area contributed by atoms with Gasteiger partial charge in [0, 0.05) is 24.7 Å². The number of hydrogen-bond acceptors (Lipinski definition) is 2. The fourth-order valence-corrected chi connectivity index (χ4v) is 1.60. The topological polar surface area (TPSA) is 29.1 Å². The van der Waals surface area contributed by atoms with Crippen molar-refractivity contribution < 1.29 is 13.6 Å². The third kappa shape index (κ3) is 2.45. The molecule has 4 heteroatoms. The molecule has 0 amide bonds. The van der Waals surface area contributed by atoms with Crippen molar-refractivity contribution in [3.05, 3.63) is 47.2 Å². The summed E-state index contributed by atoms with van der Waals surface area (Å²) in [7, 11) is 0. The summed E-state index contributed by atoms with van der Waals surface area (Å²) < 4.78 is 25.5. The summed E-state index contributed by atoms with van der Waals surface area (Å²) in [6.07, 6.45) is 2.78. The lowest BCUT2D eigenvalue weighted by Crippen LogP contribution is -2.11. The quantitative estimate of drug-likeness (QED) is 0.851. The molecule has 16 heavy (non-hydrogen) atoms. The van der Waals surface area contributed by atoms with Crippen LogP contribution >= 0.6 is 0 Å². The Morgan fingerprint density at radius 2 is 2.00 bits per heavy atom. The molecule has 0 saturated heterocycles. The maximum atomic E-state index is 12.9. The SMILES string of the molecule is O=C1C=C(NCc2ccc(F)c(F)c2)CC1. The average Bonchev–Trinajstić information content (AvgIpc) is 2.66. The number of hydrogen-bond donors (Lipinski definition) is 1. The van der Waals surface area contributed by atoms with Gasteiger partial charge in [0.1, 0.15) is 0 Å². The third-order valence-electron chi connectivity index (χ3n) is 2.48. The van der Waals surface area contributed by atoms with E-state index in [1.807, 2.05) is 0 Å². The molecule has 84 valence electrons. The summed E-state index contributed by atoms with van der Waals surface area (Å²) in [4.78, 5) is 10.9. The predicted octanol–water partition coefficient (Wildman–Crippen LogP) is 2.30. The summed E-state index contributed by atoms with van der Waals surface area (Å²) >= 11 is 0. The van der Waals surface area contributed by atoms with E-state index < -0.39 is 11.6 Å². The van der Waals surface area contributed by atoms with Crippen molar-refractivity contribution in [3.63, 3.8) is 0 Å². The van der Waals surface area contributed by atoms with Gasteiger partial charge in [0.25, 0.3) is 0 Å². The molecule has 0 spiro atoms. The van der Waals surface area contributed by atoms with E-state index in [2.05, 4.69) is 5.32 Å². The molecule has 1 aromatic rings. The number of carbonyl (C=O) groups excluding carboxylic acids is 1. The Hall–Kier alpha value is -1.71. The lowest BCUT2D eigenvalue weighted by atomic mass is 10.2. The number of benzene rings is 1. The minimum Gasteiger partial charge on any atom is -0.384 e. The van der Waals surface area contributed by atoms with Crippen LogP contribution in [0.3, 0.4) is 0 Å². The Morgan fingerprint density at radius 3 is 2.62 bits per heavy atom. The van der Waals surface area contributed by atoms with E-state index in [0.717, 1.165) is 17.8 Å². The van der Waals surface area contributed by atoms with Crippen LogP contribution in [0.5, 0.6) is 0 Å². The second-order valence-electron chi connectivity index (χ2n) is 3.74. The van der Waals surface area contributed by atoms with Crippen LogP contribution in [0.15, 0.2) is 30.0 Å². The molecule has 2 rings (SSSR count). The van der Waals surface area contributed by atoms with Crippen molar-refractivity contribution in [1.82, 2.24) is 5.32 Å². The van der Waals surface area contributed by atoms with E-state index in [1.54, 1.807) is 6.08 Å². The molecule has 1 aromatic carbocycles. The van der Waals surface area contributed by atoms with Crippen LogP contribution in [0.1, 0.15) is 18.4 Å². The first kappa shape index (κ1) is 10.8. The van der Waals surface area contributed by atoms with E-state index in [4.69, 9.17) is 0 Å². The molecule has 1 N–H and O–H groups in total. The molecule has 0 bridgehead atoms. The van der Waals surface area contributed by atoms with Gasteiger partial charge < -0.3 is 5.32 Å². The molecule has 0 aromatic heterocycles. The highest BCUT2D eigenvalue weighted by Gasteiger charge is 2.11. The van der Waals surface area contributed by atoms with Crippen molar-refractivity contribution in [2.24, 2.45) is 0 Å². The Labute approximate surface area is 92.0 Å². The van der Waals surface area contributed by atoms with Gasteiger partial charge >= 0.3 is 0 Å². The van der Waals surface area contributed by atoms with Gasteiger partial charge in [-0.3, -0.25) is 4.79 Å². The van der Waals surface area contributed by atoms with Gasteiger partial charge in [-0.25, -0.2) is 8.78 Å². The predicted molar refractivity (Wildman–Crippen MR) is 55.5 cm³/mol. The smallest absolute Gasteiger partial charge is 0.159 e. The summed E-state index contributed by atoms with van der Waals surface area (Å²) in [6.45, 7) is 0.399. The Bertz CT molecular complexity index is 454. The van der Waals surface area contributed by atoms with Gasteiger partial charge in [-0.2, -0.15) is 0 Å². The first-order valence-electron chi connectivity index (χ1n) is 5.06. The minimum atomic E-state index is -0.851. The largest absolute Gasteiger partial charge is 0.384 e. The average molecular weight is 223 g/mol. The van der Waals surface area contributed by atoms with Gasteiger partial charge in [-0.1, -0.05) is 6.07 Å². The molecule has 0 radical (unpaired) electrons. The van der Waals surface area contributed by atoms with E-state index in [1.165, 1.54) is 6.07 Å². The number of halogens is 2. The fraction of sp³-hybridized carbons (Fsp3) is 0.250. The summed E-state index contributed by atoms with van der Waals surface area (Å²) in [5, 5.41) is 3.03. The van der Waals surface area contributed by atoms with Crippen LogP contribution in [0.25, 0.3) is 0 Å². The lowest BCUT2D eigenvalue weighted by Gasteiger charge is -2.06. The van der Waals surface area contributed by atoms with Crippen LogP contribution < -0.4 is 5.32 Å². The second kappa shape index (κ2) is 4.43. The monoisotopic (exact) mass is 223 g/mol. The highest BCUT2D eigenvalue weighted by Crippen LogP contribution is 2.13. The zero-order chi connectivity index (χ0) is 11.5. The second-order valence-corrected chi connectivity index (χ2v) is 3.74. The van der Waals surface area contributed by atoms with E-state index in [0.29, 0.717) is 24.9 Å². The number of rotatable bonds is 3. The van der Waals surface area contributed by atoms with Gasteiger partial charge in [-0.15, -0.1) is 0 Å². The Morgan fingerprint density at radius 1 is 1.19 bits per heavy atom. The fourth-order valence-electron chi connectivity index (χ4n) is 1.60. The first-order chi connectivity index (χ1) is 7.65. The van der Waals surface area contributed by atoms with Crippen LogP contribution in [-0.2, 0) is 11.3 Å². The zero-order valence-electron chi connectivity index (χ0n) is 8.59. The van der Waals surface area contributed by atoms with Crippen LogP contribution in [0.4, 0.5) is 8.78 Å². The molecule has 0 unspecified atom stereocenters. The molecule has 0 atom stereocenters. The summed E-state index contributed by atoms with van der Waals surface area (Å²) in [6, 6.07) is 3.77. The van der Waals surface area contributed by atoms with Gasteiger partial charge in [-0.05, 0) is 24.1 Å². The number of carbonyl (C=O) groups is 1. The maximum absolute atomic E-state index is 12.9. The molecule has 0 fully saturated rings. The van der Waals surface area contributed by atoms with Gasteiger partial charge in [0.2, 0.25) is 0 Å². The van der Waals surface area contributed by atoms with Crippen LogP contribution in [-0.4, -0.2) is 5.78 Å². The van der Waals surface area contributed by atoms with Gasteiger partial charge in [0.15, 0.2) is 17.4 Å². The molecular formula is C12H11F2NO. The molecule has 0 saturated carbocycles. The van der Waals surface area contributed by atoms with E-state index in [-0.39, 0.29) is 5.78 Å². The molecule has 2 nitrogen and oxygen atoms in total. The van der Waals surface area contributed by atoms with Crippen molar-refractivity contribution in [1.29, 1.82) is 0 Å². The van der Waals surface area contributed by atoms with E-state index >= 15 is 0 Å². The summed E-state index contributed by atoms with van der Waals surface area (Å²) in [5.74, 6) is -1.59. The van der Waals surface area contributed by atoms with Crippen LogP contribution in [0, 0.1) is 11.6 Å². The van der Waals surface area contributed by atoms with Crippen molar-refractivity contribution >= 4 is 5.78 Å². The number of allylic oxidation sites excluding steroid dienone is 2. The minimum absolute atomic E-state index is 0.104. The highest BCUT2D eigenvalue weighted by molar-refractivity contribution is 5.92. The molecular weight excluding hydrogens is 212 g/mol. The van der Waals surface area contributed by atoms with E-state index in [9.17, 15) is 13.6 Å². The Balaban J connectivity index is 1.97. The number of ketones is 1. The standard InChI is InChI=1S/C12H11F2NO/c13-11-4-1-8(5-12(11)14)7-15-9-2-3-10(16)6-9/h1,4-6,15H,2-3,7H2. The molecule has 0 aliphatic heterocycles. The highest BCUT2D eigenvalue weighted by atomic mass is 19.2. The lowest BCUT2D eigenvalue weighted by molar-refractivity contribution is -0.114. The summed E-state index contributed by atoms with van der Waals surface area (Å²) in [5.41, 5.74) is 1.51. The molecule has 1 aliphatic rings. The van der Waals surface area contributed by atoms with Crippen molar-refractivity contribution in [2.75, 3.05) is 0 Å². The number of nitrogens with one attached hydrogen (secondary N) is 1. The Kier molecular flexibility index (Phi) is 2.99.